The molecule has 1 aromatic heterocycles. The third-order valence-electron chi connectivity index (χ3n) is 4.09. The highest BCUT2D eigenvalue weighted by molar-refractivity contribution is 5.94. The third kappa shape index (κ3) is 3.31. The average molecular weight is 314 g/mol. The highest BCUT2D eigenvalue weighted by Gasteiger charge is 2.23. The van der Waals surface area contributed by atoms with Crippen molar-refractivity contribution in [1.29, 1.82) is 0 Å². The molecule has 0 spiro atoms. The van der Waals surface area contributed by atoms with Gasteiger partial charge < -0.3 is 9.80 Å². The Hall–Kier alpha value is -2.50. The van der Waals surface area contributed by atoms with E-state index in [-0.39, 0.29) is 11.7 Å². The first-order valence-corrected chi connectivity index (χ1v) is 7.65. The number of piperazine rings is 1. The van der Waals surface area contributed by atoms with Gasteiger partial charge in [-0.3, -0.25) is 4.79 Å². The first-order chi connectivity index (χ1) is 11.0. The Labute approximate surface area is 134 Å². The monoisotopic (exact) mass is 314 g/mol. The third-order valence-corrected chi connectivity index (χ3v) is 4.09. The van der Waals surface area contributed by atoms with E-state index in [9.17, 15) is 9.18 Å². The van der Waals surface area contributed by atoms with Crippen molar-refractivity contribution in [1.82, 2.24) is 15.1 Å². The topological polar surface area (TPSA) is 49.3 Å². The molecule has 5 nitrogen and oxygen atoms in total. The molecule has 23 heavy (non-hydrogen) atoms. The molecule has 2 heterocycles. The predicted molar refractivity (Wildman–Crippen MR) is 86.0 cm³/mol. The van der Waals surface area contributed by atoms with Gasteiger partial charge in [0.25, 0.3) is 5.91 Å². The van der Waals surface area contributed by atoms with Crippen LogP contribution in [0.25, 0.3) is 0 Å². The molecular formula is C17H19FN4O. The van der Waals surface area contributed by atoms with Crippen LogP contribution in [0.4, 0.5) is 10.2 Å². The molecule has 0 N–H and O–H groups in total. The van der Waals surface area contributed by atoms with Gasteiger partial charge in [0.05, 0.1) is 5.69 Å². The minimum atomic E-state index is -0.343. The maximum atomic E-state index is 13.6. The lowest BCUT2D eigenvalue weighted by molar-refractivity contribution is 0.0746. The van der Waals surface area contributed by atoms with Crippen molar-refractivity contribution in [3.63, 3.8) is 0 Å². The lowest BCUT2D eigenvalue weighted by Crippen LogP contribution is -2.49. The average Bonchev–Trinajstić information content (AvgIpc) is 2.57. The van der Waals surface area contributed by atoms with Gasteiger partial charge in [0.15, 0.2) is 5.82 Å². The van der Waals surface area contributed by atoms with Gasteiger partial charge in [-0.2, -0.15) is 5.10 Å². The summed E-state index contributed by atoms with van der Waals surface area (Å²) in [6, 6.07) is 8.50. The Balaban J connectivity index is 1.65. The van der Waals surface area contributed by atoms with Gasteiger partial charge in [-0.15, -0.1) is 5.10 Å². The van der Waals surface area contributed by atoms with Crippen molar-refractivity contribution in [2.45, 2.75) is 13.8 Å². The highest BCUT2D eigenvalue weighted by Crippen LogP contribution is 2.16. The summed E-state index contributed by atoms with van der Waals surface area (Å²) in [5.41, 5.74) is 1.82. The number of nitrogens with zero attached hydrogens (tertiary/aromatic N) is 4. The van der Waals surface area contributed by atoms with Crippen LogP contribution in [0.5, 0.6) is 0 Å². The number of aryl methyl sites for hydroxylation is 2. The Morgan fingerprint density at radius 2 is 1.78 bits per heavy atom. The number of carbonyl (C=O) groups excluding carboxylic acids is 1. The number of anilines is 1. The molecule has 0 radical (unpaired) electrons. The van der Waals surface area contributed by atoms with Crippen LogP contribution in [0.15, 0.2) is 30.3 Å². The largest absolute Gasteiger partial charge is 0.352 e. The second kappa shape index (κ2) is 6.32. The zero-order valence-electron chi connectivity index (χ0n) is 13.3. The molecule has 1 saturated heterocycles. The fourth-order valence-corrected chi connectivity index (χ4v) is 2.61. The summed E-state index contributed by atoms with van der Waals surface area (Å²) < 4.78 is 13.6. The molecule has 1 amide bonds. The zero-order valence-corrected chi connectivity index (χ0v) is 13.3. The number of hydrogen-bond donors (Lipinski definition) is 0. The Morgan fingerprint density at radius 1 is 1.04 bits per heavy atom. The highest BCUT2D eigenvalue weighted by atomic mass is 19.1. The molecule has 0 bridgehead atoms. The predicted octanol–water partition coefficient (Wildman–Crippen LogP) is 2.19. The normalized spacial score (nSPS) is 14.9. The summed E-state index contributed by atoms with van der Waals surface area (Å²) >= 11 is 0. The molecule has 1 aliphatic heterocycles. The molecule has 1 aromatic carbocycles. The summed E-state index contributed by atoms with van der Waals surface area (Å²) in [4.78, 5) is 16.3. The Bertz CT molecular complexity index is 709. The second-order valence-electron chi connectivity index (χ2n) is 5.78. The van der Waals surface area contributed by atoms with E-state index in [1.165, 1.54) is 6.07 Å². The molecule has 2 aromatic rings. The molecule has 0 aliphatic carbocycles. The first kappa shape index (κ1) is 15.4. The lowest BCUT2D eigenvalue weighted by Gasteiger charge is -2.35. The van der Waals surface area contributed by atoms with Crippen LogP contribution < -0.4 is 4.90 Å². The summed E-state index contributed by atoms with van der Waals surface area (Å²) in [5.74, 6) is 0.354. The van der Waals surface area contributed by atoms with Crippen LogP contribution in [-0.2, 0) is 0 Å². The SMILES string of the molecule is Cc1ccc(N2CCN(C(=O)c3ccc(C)c(F)c3)CC2)nn1. The number of benzene rings is 1. The second-order valence-corrected chi connectivity index (χ2v) is 5.78. The van der Waals surface area contributed by atoms with Gasteiger partial charge in [-0.25, -0.2) is 4.39 Å². The quantitative estimate of drug-likeness (QED) is 0.852. The minimum Gasteiger partial charge on any atom is -0.352 e. The van der Waals surface area contributed by atoms with E-state index in [0.29, 0.717) is 37.3 Å². The van der Waals surface area contributed by atoms with Gasteiger partial charge in [0.2, 0.25) is 0 Å². The molecule has 120 valence electrons. The van der Waals surface area contributed by atoms with Gasteiger partial charge in [0, 0.05) is 31.7 Å². The van der Waals surface area contributed by atoms with Crippen LogP contribution in [-0.4, -0.2) is 47.2 Å². The van der Waals surface area contributed by atoms with E-state index >= 15 is 0 Å². The molecule has 1 aliphatic rings. The van der Waals surface area contributed by atoms with E-state index in [4.69, 9.17) is 0 Å². The molecular weight excluding hydrogens is 295 g/mol. The van der Waals surface area contributed by atoms with Gasteiger partial charge in [-0.1, -0.05) is 6.07 Å². The van der Waals surface area contributed by atoms with Gasteiger partial charge in [-0.05, 0) is 43.7 Å². The van der Waals surface area contributed by atoms with Gasteiger partial charge in [0.1, 0.15) is 5.82 Å². The van der Waals surface area contributed by atoms with Crippen molar-refractivity contribution < 1.29 is 9.18 Å². The molecule has 6 heteroatoms. The Kier molecular flexibility index (Phi) is 4.23. The van der Waals surface area contributed by atoms with Crippen molar-refractivity contribution in [3.05, 3.63) is 53.0 Å². The van der Waals surface area contributed by atoms with E-state index in [2.05, 4.69) is 15.1 Å². The summed E-state index contributed by atoms with van der Waals surface area (Å²) in [7, 11) is 0. The maximum absolute atomic E-state index is 13.6. The van der Waals surface area contributed by atoms with Crippen LogP contribution >= 0.6 is 0 Å². The first-order valence-electron chi connectivity index (χ1n) is 7.65. The van der Waals surface area contributed by atoms with E-state index < -0.39 is 0 Å². The number of halogens is 1. The fraction of sp³-hybridized carbons (Fsp3) is 0.353. The summed E-state index contributed by atoms with van der Waals surface area (Å²) in [6.45, 7) is 6.14. The van der Waals surface area contributed by atoms with Crippen LogP contribution in [0.3, 0.4) is 0 Å². The number of amides is 1. The van der Waals surface area contributed by atoms with E-state index in [0.717, 1.165) is 11.5 Å². The fourth-order valence-electron chi connectivity index (χ4n) is 2.61. The number of aromatic nitrogens is 2. The number of rotatable bonds is 2. The molecule has 3 rings (SSSR count). The van der Waals surface area contributed by atoms with E-state index in [1.54, 1.807) is 24.0 Å². The number of carbonyl (C=O) groups is 1. The summed E-state index contributed by atoms with van der Waals surface area (Å²) in [6.07, 6.45) is 0. The maximum Gasteiger partial charge on any atom is 0.254 e. The molecule has 0 saturated carbocycles. The minimum absolute atomic E-state index is 0.126. The molecule has 0 atom stereocenters. The van der Waals surface area contributed by atoms with Crippen LogP contribution in [0, 0.1) is 19.7 Å². The van der Waals surface area contributed by atoms with Crippen LogP contribution in [0.2, 0.25) is 0 Å². The van der Waals surface area contributed by atoms with Crippen LogP contribution in [0.1, 0.15) is 21.6 Å². The van der Waals surface area contributed by atoms with Gasteiger partial charge >= 0.3 is 0 Å². The molecule has 1 fully saturated rings. The molecule has 0 unspecified atom stereocenters. The van der Waals surface area contributed by atoms with Crippen molar-refractivity contribution >= 4 is 11.7 Å². The summed E-state index contributed by atoms with van der Waals surface area (Å²) in [5, 5.41) is 8.23. The van der Waals surface area contributed by atoms with Crippen molar-refractivity contribution in [2.24, 2.45) is 0 Å². The standard InChI is InChI=1S/C17H19FN4O/c1-12-3-5-14(11-15(12)18)17(23)22-9-7-21(8-10-22)16-6-4-13(2)19-20-16/h3-6,11H,7-10H2,1-2H3. The lowest BCUT2D eigenvalue weighted by atomic mass is 10.1. The Morgan fingerprint density at radius 3 is 2.39 bits per heavy atom. The number of hydrogen-bond acceptors (Lipinski definition) is 4. The smallest absolute Gasteiger partial charge is 0.254 e. The zero-order chi connectivity index (χ0) is 16.4. The van der Waals surface area contributed by atoms with Crippen molar-refractivity contribution in [3.8, 4) is 0 Å². The van der Waals surface area contributed by atoms with Crippen molar-refractivity contribution in [2.75, 3.05) is 31.1 Å². The van der Waals surface area contributed by atoms with E-state index in [1.807, 2.05) is 19.1 Å².